The van der Waals surface area contributed by atoms with Gasteiger partial charge >= 0.3 is 0 Å². The summed E-state index contributed by atoms with van der Waals surface area (Å²) in [6.45, 7) is 6.41. The third-order valence-electron chi connectivity index (χ3n) is 3.47. The molecule has 2 rings (SSSR count). The molecular formula is C17H22N2. The molecule has 0 saturated carbocycles. The van der Waals surface area contributed by atoms with Gasteiger partial charge < -0.3 is 11.1 Å². The Hall–Kier alpha value is -1.96. The van der Waals surface area contributed by atoms with Crippen molar-refractivity contribution in [1.29, 1.82) is 0 Å². The molecule has 0 aromatic heterocycles. The lowest BCUT2D eigenvalue weighted by Crippen LogP contribution is -2.02. The first-order valence-corrected chi connectivity index (χ1v) is 6.89. The lowest BCUT2D eigenvalue weighted by molar-refractivity contribution is 1.09. The SMILES string of the molecule is CCc1cccc(CC)c1Nc1ccc(C)cc1N. The minimum absolute atomic E-state index is 0.799. The quantitative estimate of drug-likeness (QED) is 0.791. The summed E-state index contributed by atoms with van der Waals surface area (Å²) < 4.78 is 0. The van der Waals surface area contributed by atoms with E-state index in [-0.39, 0.29) is 0 Å². The number of nitrogens with two attached hydrogens (primary N) is 1. The molecule has 0 amide bonds. The van der Waals surface area contributed by atoms with Crippen LogP contribution < -0.4 is 11.1 Å². The van der Waals surface area contributed by atoms with Crippen LogP contribution in [-0.2, 0) is 12.8 Å². The molecule has 2 nitrogen and oxygen atoms in total. The molecule has 0 saturated heterocycles. The summed E-state index contributed by atoms with van der Waals surface area (Å²) in [5.74, 6) is 0. The highest BCUT2D eigenvalue weighted by Gasteiger charge is 2.08. The molecule has 2 aromatic carbocycles. The van der Waals surface area contributed by atoms with Gasteiger partial charge in [0.1, 0.15) is 0 Å². The molecule has 3 N–H and O–H groups in total. The molecule has 2 heteroatoms. The third kappa shape index (κ3) is 2.90. The van der Waals surface area contributed by atoms with Gasteiger partial charge in [0.25, 0.3) is 0 Å². The van der Waals surface area contributed by atoms with Crippen molar-refractivity contribution >= 4 is 17.1 Å². The molecule has 0 heterocycles. The van der Waals surface area contributed by atoms with Crippen molar-refractivity contribution in [3.63, 3.8) is 0 Å². The van der Waals surface area contributed by atoms with Gasteiger partial charge in [-0.2, -0.15) is 0 Å². The molecule has 0 bridgehead atoms. The average Bonchev–Trinajstić information content (AvgIpc) is 2.42. The van der Waals surface area contributed by atoms with Crippen molar-refractivity contribution < 1.29 is 0 Å². The zero-order valence-corrected chi connectivity index (χ0v) is 12.0. The number of benzene rings is 2. The fourth-order valence-corrected chi connectivity index (χ4v) is 2.33. The Morgan fingerprint density at radius 3 is 2.16 bits per heavy atom. The Morgan fingerprint density at radius 1 is 1.00 bits per heavy atom. The largest absolute Gasteiger partial charge is 0.397 e. The second-order valence-corrected chi connectivity index (χ2v) is 4.87. The summed E-state index contributed by atoms with van der Waals surface area (Å²) in [4.78, 5) is 0. The normalized spacial score (nSPS) is 10.5. The van der Waals surface area contributed by atoms with Crippen molar-refractivity contribution in [2.24, 2.45) is 0 Å². The van der Waals surface area contributed by atoms with E-state index in [4.69, 9.17) is 5.73 Å². The Bertz CT molecular complexity index is 551. The van der Waals surface area contributed by atoms with Crippen LogP contribution in [0.25, 0.3) is 0 Å². The molecule has 0 radical (unpaired) electrons. The topological polar surface area (TPSA) is 38.0 Å². The minimum atomic E-state index is 0.799. The Labute approximate surface area is 115 Å². The monoisotopic (exact) mass is 254 g/mol. The van der Waals surface area contributed by atoms with Gasteiger partial charge in [-0.15, -0.1) is 0 Å². The molecule has 0 spiro atoms. The van der Waals surface area contributed by atoms with Gasteiger partial charge in [-0.05, 0) is 48.6 Å². The van der Waals surface area contributed by atoms with Gasteiger partial charge in [0.2, 0.25) is 0 Å². The van der Waals surface area contributed by atoms with Gasteiger partial charge in [0, 0.05) is 5.69 Å². The van der Waals surface area contributed by atoms with E-state index in [1.807, 2.05) is 6.07 Å². The molecule has 0 aliphatic carbocycles. The van der Waals surface area contributed by atoms with Gasteiger partial charge in [-0.1, -0.05) is 38.1 Å². The maximum Gasteiger partial charge on any atom is 0.0618 e. The summed E-state index contributed by atoms with van der Waals surface area (Å²) in [6, 6.07) is 12.6. The molecule has 0 aliphatic heterocycles. The van der Waals surface area contributed by atoms with E-state index in [0.717, 1.165) is 24.2 Å². The molecule has 0 unspecified atom stereocenters. The molecule has 19 heavy (non-hydrogen) atoms. The van der Waals surface area contributed by atoms with Crippen molar-refractivity contribution in [2.75, 3.05) is 11.1 Å². The average molecular weight is 254 g/mol. The smallest absolute Gasteiger partial charge is 0.0618 e. The first kappa shape index (κ1) is 13.5. The van der Waals surface area contributed by atoms with E-state index in [1.165, 1.54) is 22.4 Å². The van der Waals surface area contributed by atoms with Gasteiger partial charge in [0.15, 0.2) is 0 Å². The summed E-state index contributed by atoms with van der Waals surface area (Å²) in [7, 11) is 0. The standard InChI is InChI=1S/C17H22N2/c1-4-13-7-6-8-14(5-2)17(13)19-16-10-9-12(3)11-15(16)18/h6-11,19H,4-5,18H2,1-3H3. The van der Waals surface area contributed by atoms with Gasteiger partial charge in [-0.3, -0.25) is 0 Å². The number of anilines is 3. The summed E-state index contributed by atoms with van der Waals surface area (Å²) in [5.41, 5.74) is 12.9. The van der Waals surface area contributed by atoms with Gasteiger partial charge in [0.05, 0.1) is 11.4 Å². The Balaban J connectivity index is 2.42. The minimum Gasteiger partial charge on any atom is -0.397 e. The molecule has 0 aliphatic rings. The van der Waals surface area contributed by atoms with E-state index in [0.29, 0.717) is 0 Å². The van der Waals surface area contributed by atoms with Crippen LogP contribution in [0.4, 0.5) is 17.1 Å². The number of nitrogen functional groups attached to an aromatic ring is 1. The summed E-state index contributed by atoms with van der Waals surface area (Å²) in [6.07, 6.45) is 2.03. The van der Waals surface area contributed by atoms with Crippen LogP contribution >= 0.6 is 0 Å². The van der Waals surface area contributed by atoms with Crippen molar-refractivity contribution in [3.8, 4) is 0 Å². The van der Waals surface area contributed by atoms with E-state index < -0.39 is 0 Å². The summed E-state index contributed by atoms with van der Waals surface area (Å²) in [5, 5.41) is 3.51. The number of rotatable bonds is 4. The maximum atomic E-state index is 6.09. The lowest BCUT2D eigenvalue weighted by atomic mass is 10.0. The van der Waals surface area contributed by atoms with Gasteiger partial charge in [-0.25, -0.2) is 0 Å². The van der Waals surface area contributed by atoms with Crippen LogP contribution in [0.1, 0.15) is 30.5 Å². The first-order chi connectivity index (χ1) is 9.15. The highest BCUT2D eigenvalue weighted by atomic mass is 14.9. The number of nitrogens with one attached hydrogen (secondary N) is 1. The van der Waals surface area contributed by atoms with Crippen LogP contribution in [0.2, 0.25) is 0 Å². The predicted molar refractivity (Wildman–Crippen MR) is 84.1 cm³/mol. The zero-order chi connectivity index (χ0) is 13.8. The van der Waals surface area contributed by atoms with Crippen molar-refractivity contribution in [3.05, 3.63) is 53.1 Å². The van der Waals surface area contributed by atoms with Crippen molar-refractivity contribution in [2.45, 2.75) is 33.6 Å². The first-order valence-electron chi connectivity index (χ1n) is 6.89. The highest BCUT2D eigenvalue weighted by Crippen LogP contribution is 2.29. The van der Waals surface area contributed by atoms with Crippen LogP contribution in [0, 0.1) is 6.92 Å². The predicted octanol–water partition coefficient (Wildman–Crippen LogP) is 4.45. The fourth-order valence-electron chi connectivity index (χ4n) is 2.33. The van der Waals surface area contributed by atoms with E-state index in [9.17, 15) is 0 Å². The van der Waals surface area contributed by atoms with E-state index in [1.54, 1.807) is 0 Å². The highest BCUT2D eigenvalue weighted by molar-refractivity contribution is 5.76. The van der Waals surface area contributed by atoms with Crippen LogP contribution in [0.3, 0.4) is 0 Å². The lowest BCUT2D eigenvalue weighted by Gasteiger charge is -2.17. The van der Waals surface area contributed by atoms with Crippen molar-refractivity contribution in [1.82, 2.24) is 0 Å². The Kier molecular flexibility index (Phi) is 4.10. The number of hydrogen-bond donors (Lipinski definition) is 2. The van der Waals surface area contributed by atoms with Crippen LogP contribution in [0.5, 0.6) is 0 Å². The van der Waals surface area contributed by atoms with Crippen LogP contribution in [0.15, 0.2) is 36.4 Å². The molecule has 2 aromatic rings. The maximum absolute atomic E-state index is 6.09. The van der Waals surface area contributed by atoms with Crippen LogP contribution in [-0.4, -0.2) is 0 Å². The second-order valence-electron chi connectivity index (χ2n) is 4.87. The number of para-hydroxylation sites is 1. The molecule has 100 valence electrons. The second kappa shape index (κ2) is 5.79. The zero-order valence-electron chi connectivity index (χ0n) is 12.0. The molecule has 0 fully saturated rings. The van der Waals surface area contributed by atoms with E-state index >= 15 is 0 Å². The number of aryl methyl sites for hydroxylation is 3. The number of hydrogen-bond acceptors (Lipinski definition) is 2. The molecule has 0 atom stereocenters. The summed E-state index contributed by atoms with van der Waals surface area (Å²) >= 11 is 0. The third-order valence-corrected chi connectivity index (χ3v) is 3.47. The molecular weight excluding hydrogens is 232 g/mol. The van der Waals surface area contributed by atoms with E-state index in [2.05, 4.69) is 56.4 Å². The fraction of sp³-hybridized carbons (Fsp3) is 0.294. The Morgan fingerprint density at radius 2 is 1.63 bits per heavy atom.